The zero-order valence-electron chi connectivity index (χ0n) is 24.4. The van der Waals surface area contributed by atoms with Crippen LogP contribution >= 0.6 is 0 Å². The Morgan fingerprint density at radius 3 is 2.04 bits per heavy atom. The summed E-state index contributed by atoms with van der Waals surface area (Å²) in [5.74, 6) is 1.95. The van der Waals surface area contributed by atoms with Crippen molar-refractivity contribution in [1.29, 1.82) is 0 Å². The summed E-state index contributed by atoms with van der Waals surface area (Å²) >= 11 is 0.143. The molecule has 5 heteroatoms. The Morgan fingerprint density at radius 1 is 0.435 bits per heavy atom. The van der Waals surface area contributed by atoms with E-state index in [2.05, 4.69) is 91.0 Å². The molecule has 0 amide bonds. The Balaban J connectivity index is 1.21. The summed E-state index contributed by atoms with van der Waals surface area (Å²) in [6.45, 7) is 0. The number of aromatic nitrogens is 3. The van der Waals surface area contributed by atoms with E-state index in [4.69, 9.17) is 19.4 Å². The van der Waals surface area contributed by atoms with Gasteiger partial charge >= 0.3 is 270 Å². The summed E-state index contributed by atoms with van der Waals surface area (Å²) in [6, 6.07) is 48.9. The third-order valence-corrected chi connectivity index (χ3v) is 11.4. The molecule has 10 aromatic rings. The van der Waals surface area contributed by atoms with E-state index in [1.807, 2.05) is 48.5 Å². The van der Waals surface area contributed by atoms with Gasteiger partial charge in [0, 0.05) is 0 Å². The number of fused-ring (bicyclic) bond motifs is 10. The molecule has 0 atom stereocenters. The van der Waals surface area contributed by atoms with E-state index >= 15 is 0 Å². The zero-order valence-corrected chi connectivity index (χ0v) is 26.2. The quantitative estimate of drug-likeness (QED) is 0.141. The Bertz CT molecular complexity index is 2820. The molecule has 0 fully saturated rings. The number of hydrogen-bond donors (Lipinski definition) is 0. The van der Waals surface area contributed by atoms with Crippen LogP contribution in [-0.2, 0) is 0 Å². The molecule has 4 nitrogen and oxygen atoms in total. The average molecular weight is 653 g/mol. The van der Waals surface area contributed by atoms with Gasteiger partial charge in [0.2, 0.25) is 0 Å². The molecule has 0 aliphatic heterocycles. The first-order valence-corrected chi connectivity index (χ1v) is 17.0. The Morgan fingerprint density at radius 2 is 1.13 bits per heavy atom. The molecule has 214 valence electrons. The number of benzene rings is 7. The van der Waals surface area contributed by atoms with Crippen molar-refractivity contribution in [2.24, 2.45) is 0 Å². The van der Waals surface area contributed by atoms with E-state index in [0.717, 1.165) is 38.6 Å². The van der Waals surface area contributed by atoms with Crippen molar-refractivity contribution in [2.75, 3.05) is 0 Å². The van der Waals surface area contributed by atoms with Gasteiger partial charge < -0.3 is 0 Å². The second kappa shape index (κ2) is 9.95. The van der Waals surface area contributed by atoms with Crippen LogP contribution in [0.15, 0.2) is 144 Å². The zero-order chi connectivity index (χ0) is 30.2. The van der Waals surface area contributed by atoms with Gasteiger partial charge in [0.15, 0.2) is 0 Å². The van der Waals surface area contributed by atoms with Gasteiger partial charge in [-0.05, 0) is 0 Å². The molecule has 0 N–H and O–H groups in total. The molecule has 10 rings (SSSR count). The molecule has 0 saturated heterocycles. The van der Waals surface area contributed by atoms with Gasteiger partial charge in [-0.3, -0.25) is 0 Å². The van der Waals surface area contributed by atoms with E-state index in [1.165, 1.54) is 40.8 Å². The van der Waals surface area contributed by atoms with Crippen LogP contribution < -0.4 is 0 Å². The minimum atomic E-state index is 0.143. The van der Waals surface area contributed by atoms with Crippen molar-refractivity contribution in [2.45, 2.75) is 0 Å². The number of hydrogen-bond acceptors (Lipinski definition) is 4. The summed E-state index contributed by atoms with van der Waals surface area (Å²) in [5, 5.41) is 9.98. The molecular formula is C41H23N3OSe. The third-order valence-electron chi connectivity index (χ3n) is 8.92. The summed E-state index contributed by atoms with van der Waals surface area (Å²) < 4.78 is 9.02. The van der Waals surface area contributed by atoms with Gasteiger partial charge in [-0.25, -0.2) is 0 Å². The molecule has 46 heavy (non-hydrogen) atoms. The predicted molar refractivity (Wildman–Crippen MR) is 190 cm³/mol. The molecule has 0 saturated carbocycles. The Kier molecular flexibility index (Phi) is 5.56. The van der Waals surface area contributed by atoms with Crippen LogP contribution in [0.3, 0.4) is 0 Å². The van der Waals surface area contributed by atoms with Crippen LogP contribution in [0.4, 0.5) is 0 Å². The van der Waals surface area contributed by atoms with Crippen molar-refractivity contribution in [3.05, 3.63) is 140 Å². The molecule has 0 aliphatic carbocycles. The average Bonchev–Trinajstić information content (AvgIpc) is 3.70. The van der Waals surface area contributed by atoms with Crippen molar-refractivity contribution < 1.29 is 4.42 Å². The van der Waals surface area contributed by atoms with Gasteiger partial charge in [0.25, 0.3) is 0 Å². The number of nitrogens with zero attached hydrogens (tertiary/aromatic N) is 3. The Hall–Kier alpha value is -5.61. The fourth-order valence-electron chi connectivity index (χ4n) is 6.76. The first kappa shape index (κ1) is 25.7. The first-order chi connectivity index (χ1) is 22.8. The molecule has 7 aromatic carbocycles. The van der Waals surface area contributed by atoms with Crippen LogP contribution in [0.1, 0.15) is 0 Å². The number of furan rings is 1. The van der Waals surface area contributed by atoms with Crippen molar-refractivity contribution in [3.8, 4) is 34.2 Å². The summed E-state index contributed by atoms with van der Waals surface area (Å²) in [6.07, 6.45) is 0. The molecule has 0 spiro atoms. The number of rotatable bonds is 3. The maximum atomic E-state index is 6.21. The predicted octanol–water partition coefficient (Wildman–Crippen LogP) is 10.4. The van der Waals surface area contributed by atoms with Crippen LogP contribution in [-0.4, -0.2) is 29.5 Å². The molecule has 0 aliphatic rings. The van der Waals surface area contributed by atoms with Crippen LogP contribution in [0.25, 0.3) is 96.9 Å². The van der Waals surface area contributed by atoms with E-state index in [-0.39, 0.29) is 14.5 Å². The van der Waals surface area contributed by atoms with Gasteiger partial charge in [0.05, 0.1) is 0 Å². The van der Waals surface area contributed by atoms with Crippen molar-refractivity contribution in [3.63, 3.8) is 0 Å². The Labute approximate surface area is 269 Å². The minimum absolute atomic E-state index is 0.143. The normalized spacial score (nSPS) is 11.9. The van der Waals surface area contributed by atoms with E-state index < -0.39 is 0 Å². The standard InChI is InChI=1S/C41H23N3OSe/c1-2-10-26(11-3-1)39-42-40(44-41(43-39)32-14-8-16-34-37(32)31-13-6-7-15-33(31)45-34)27-20-21-29-30-22-19-25-18-17-24-9-4-5-12-28(24)36(25)38(30)46-35(29)23-27/h1-23H. The molecule has 3 aromatic heterocycles. The van der Waals surface area contributed by atoms with Gasteiger partial charge in [-0.15, -0.1) is 0 Å². The van der Waals surface area contributed by atoms with Crippen LogP contribution in [0.2, 0.25) is 0 Å². The molecular weight excluding hydrogens is 629 g/mol. The summed E-state index contributed by atoms with van der Waals surface area (Å²) in [5.41, 5.74) is 4.54. The van der Waals surface area contributed by atoms with Gasteiger partial charge in [-0.1, -0.05) is 0 Å². The second-order valence-electron chi connectivity index (χ2n) is 11.6. The first-order valence-electron chi connectivity index (χ1n) is 15.3. The van der Waals surface area contributed by atoms with Crippen molar-refractivity contribution >= 4 is 77.3 Å². The SMILES string of the molecule is c1ccc(-c2nc(-c3ccc4c(c3)[se]c3c4ccc4ccc5ccccc5c43)nc(-c3cccc4oc5ccccc5c34)n2)cc1. The maximum absolute atomic E-state index is 6.21. The third kappa shape index (κ3) is 3.89. The monoisotopic (exact) mass is 653 g/mol. The van der Waals surface area contributed by atoms with Crippen molar-refractivity contribution in [1.82, 2.24) is 15.0 Å². The van der Waals surface area contributed by atoms with Gasteiger partial charge in [0.1, 0.15) is 0 Å². The topological polar surface area (TPSA) is 51.8 Å². The van der Waals surface area contributed by atoms with Crippen LogP contribution in [0.5, 0.6) is 0 Å². The molecule has 0 radical (unpaired) electrons. The van der Waals surface area contributed by atoms with Crippen LogP contribution in [0, 0.1) is 0 Å². The fourth-order valence-corrected chi connectivity index (χ4v) is 9.52. The molecule has 3 heterocycles. The second-order valence-corrected chi connectivity index (χ2v) is 13.8. The van der Waals surface area contributed by atoms with E-state index in [1.54, 1.807) is 0 Å². The van der Waals surface area contributed by atoms with E-state index in [9.17, 15) is 0 Å². The van der Waals surface area contributed by atoms with Gasteiger partial charge in [-0.2, -0.15) is 0 Å². The fraction of sp³-hybridized carbons (Fsp3) is 0. The molecule has 0 bridgehead atoms. The summed E-state index contributed by atoms with van der Waals surface area (Å²) in [4.78, 5) is 15.2. The molecule has 0 unspecified atom stereocenters. The van der Waals surface area contributed by atoms with E-state index in [0.29, 0.717) is 17.5 Å². The number of para-hydroxylation sites is 1. The summed E-state index contributed by atoms with van der Waals surface area (Å²) in [7, 11) is 0.